The van der Waals surface area contributed by atoms with Gasteiger partial charge in [-0.15, -0.1) is 0 Å². The lowest BCUT2D eigenvalue weighted by Gasteiger charge is -2.13. The zero-order chi connectivity index (χ0) is 10.8. The fourth-order valence-corrected chi connectivity index (χ4v) is 2.01. The molecule has 82 valence electrons. The van der Waals surface area contributed by atoms with Gasteiger partial charge in [-0.1, -0.05) is 12.1 Å². The maximum Gasteiger partial charge on any atom is 0.267 e. The Bertz CT molecular complexity index is 348. The van der Waals surface area contributed by atoms with Crippen molar-refractivity contribution in [1.29, 1.82) is 0 Å². The molecule has 1 aliphatic heterocycles. The minimum Gasteiger partial charge on any atom is -0.507 e. The summed E-state index contributed by atoms with van der Waals surface area (Å²) in [4.78, 5) is 0. The minimum absolute atomic E-state index is 0.156. The van der Waals surface area contributed by atoms with E-state index in [-0.39, 0.29) is 17.2 Å². The van der Waals surface area contributed by atoms with Crippen LogP contribution in [0.3, 0.4) is 0 Å². The van der Waals surface area contributed by atoms with E-state index in [0.717, 1.165) is 19.5 Å². The topological polar surface area (TPSA) is 32.3 Å². The second-order valence-corrected chi connectivity index (χ2v) is 3.78. The molecule has 4 heteroatoms. The molecule has 2 N–H and O–H groups in total. The van der Waals surface area contributed by atoms with Gasteiger partial charge in [0.2, 0.25) is 0 Å². The lowest BCUT2D eigenvalue weighted by Crippen LogP contribution is -2.08. The largest absolute Gasteiger partial charge is 0.507 e. The number of phenolic OH excluding ortho intramolecular Hbond substituents is 1. The van der Waals surface area contributed by atoms with Crippen LogP contribution in [-0.2, 0) is 0 Å². The summed E-state index contributed by atoms with van der Waals surface area (Å²) < 4.78 is 25.0. The first-order chi connectivity index (χ1) is 7.20. The van der Waals surface area contributed by atoms with Crippen LogP contribution in [0.1, 0.15) is 29.9 Å². The highest BCUT2D eigenvalue weighted by atomic mass is 19.3. The van der Waals surface area contributed by atoms with Gasteiger partial charge in [-0.25, -0.2) is 8.78 Å². The summed E-state index contributed by atoms with van der Waals surface area (Å²) in [6.45, 7) is 1.63. The number of rotatable bonds is 2. The van der Waals surface area contributed by atoms with Gasteiger partial charge in [0.15, 0.2) is 0 Å². The molecule has 1 heterocycles. The van der Waals surface area contributed by atoms with Crippen LogP contribution in [0.25, 0.3) is 0 Å². The predicted molar refractivity (Wildman–Crippen MR) is 53.3 cm³/mol. The zero-order valence-electron chi connectivity index (χ0n) is 8.21. The number of aromatic hydroxyl groups is 1. The lowest BCUT2D eigenvalue weighted by atomic mass is 9.95. The highest BCUT2D eigenvalue weighted by Gasteiger charge is 2.23. The molecule has 0 bridgehead atoms. The molecule has 1 aromatic rings. The standard InChI is InChI=1S/C11H13F2NO/c12-11(13)9-3-1-2-8(10(9)15)7-4-5-14-6-7/h1-3,7,11,14-15H,4-6H2. The average molecular weight is 213 g/mol. The van der Waals surface area contributed by atoms with Gasteiger partial charge in [0, 0.05) is 12.5 Å². The Balaban J connectivity index is 2.34. The fraction of sp³-hybridized carbons (Fsp3) is 0.455. The molecule has 1 aliphatic rings. The van der Waals surface area contributed by atoms with Gasteiger partial charge in [0.05, 0.1) is 5.56 Å². The second-order valence-electron chi connectivity index (χ2n) is 3.78. The minimum atomic E-state index is -2.61. The molecule has 15 heavy (non-hydrogen) atoms. The summed E-state index contributed by atoms with van der Waals surface area (Å²) in [5, 5.41) is 12.9. The van der Waals surface area contributed by atoms with Crippen LogP contribution in [0.5, 0.6) is 5.75 Å². The number of nitrogens with one attached hydrogen (secondary N) is 1. The summed E-state index contributed by atoms with van der Waals surface area (Å²) in [5.74, 6) is -0.0788. The Morgan fingerprint density at radius 1 is 1.40 bits per heavy atom. The van der Waals surface area contributed by atoms with Crippen LogP contribution >= 0.6 is 0 Å². The third-order valence-electron chi connectivity index (χ3n) is 2.83. The van der Waals surface area contributed by atoms with E-state index in [0.29, 0.717) is 5.56 Å². The maximum atomic E-state index is 12.5. The summed E-state index contributed by atoms with van der Waals surface area (Å²) in [6.07, 6.45) is -1.72. The predicted octanol–water partition coefficient (Wildman–Crippen LogP) is 2.41. The lowest BCUT2D eigenvalue weighted by molar-refractivity contribution is 0.147. The molecule has 2 nitrogen and oxygen atoms in total. The first kappa shape index (κ1) is 10.4. The van der Waals surface area contributed by atoms with Crippen molar-refractivity contribution in [2.45, 2.75) is 18.8 Å². The van der Waals surface area contributed by atoms with Gasteiger partial charge >= 0.3 is 0 Å². The summed E-state index contributed by atoms with van der Waals surface area (Å²) in [6, 6.07) is 4.57. The van der Waals surface area contributed by atoms with E-state index < -0.39 is 6.43 Å². The SMILES string of the molecule is Oc1c(C(F)F)cccc1C1CCNC1. The van der Waals surface area contributed by atoms with Crippen LogP contribution < -0.4 is 5.32 Å². The van der Waals surface area contributed by atoms with Crippen molar-refractivity contribution >= 4 is 0 Å². The normalized spacial score (nSPS) is 21.1. The smallest absolute Gasteiger partial charge is 0.267 e. The van der Waals surface area contributed by atoms with E-state index in [1.165, 1.54) is 6.07 Å². The molecule has 0 radical (unpaired) electrons. The monoisotopic (exact) mass is 213 g/mol. The first-order valence-corrected chi connectivity index (χ1v) is 5.01. The highest BCUT2D eigenvalue weighted by molar-refractivity contribution is 5.43. The van der Waals surface area contributed by atoms with Gasteiger partial charge in [-0.05, 0) is 24.6 Å². The van der Waals surface area contributed by atoms with E-state index in [1.54, 1.807) is 12.1 Å². The number of hydrogen-bond donors (Lipinski definition) is 2. The highest BCUT2D eigenvalue weighted by Crippen LogP contribution is 2.36. The van der Waals surface area contributed by atoms with Crippen molar-refractivity contribution in [3.05, 3.63) is 29.3 Å². The molecule has 1 aromatic carbocycles. The van der Waals surface area contributed by atoms with E-state index in [4.69, 9.17) is 0 Å². The van der Waals surface area contributed by atoms with Crippen LogP contribution in [-0.4, -0.2) is 18.2 Å². The molecule has 0 aromatic heterocycles. The Labute approximate surface area is 86.9 Å². The van der Waals surface area contributed by atoms with Crippen LogP contribution in [0.4, 0.5) is 8.78 Å². The van der Waals surface area contributed by atoms with Crippen molar-refractivity contribution < 1.29 is 13.9 Å². The summed E-state index contributed by atoms with van der Waals surface area (Å²) in [5.41, 5.74) is 0.372. The molecular formula is C11H13F2NO. The van der Waals surface area contributed by atoms with E-state index in [2.05, 4.69) is 5.32 Å². The van der Waals surface area contributed by atoms with Crippen molar-refractivity contribution in [1.82, 2.24) is 5.32 Å². The fourth-order valence-electron chi connectivity index (χ4n) is 2.01. The van der Waals surface area contributed by atoms with E-state index >= 15 is 0 Å². The molecule has 0 amide bonds. The molecule has 0 spiro atoms. The van der Waals surface area contributed by atoms with Gasteiger partial charge in [-0.3, -0.25) is 0 Å². The molecule has 2 rings (SSSR count). The number of halogens is 2. The second kappa shape index (κ2) is 4.14. The quantitative estimate of drug-likeness (QED) is 0.790. The average Bonchev–Trinajstić information content (AvgIpc) is 2.70. The maximum absolute atomic E-state index is 12.5. The third-order valence-corrected chi connectivity index (χ3v) is 2.83. The number of alkyl halides is 2. The zero-order valence-corrected chi connectivity index (χ0v) is 8.21. The van der Waals surface area contributed by atoms with E-state index in [1.807, 2.05) is 0 Å². The molecule has 0 saturated carbocycles. The van der Waals surface area contributed by atoms with Crippen LogP contribution in [0, 0.1) is 0 Å². The van der Waals surface area contributed by atoms with Crippen molar-refractivity contribution in [2.75, 3.05) is 13.1 Å². The molecule has 1 saturated heterocycles. The third kappa shape index (κ3) is 1.95. The van der Waals surface area contributed by atoms with Crippen molar-refractivity contribution in [3.63, 3.8) is 0 Å². The summed E-state index contributed by atoms with van der Waals surface area (Å²) in [7, 11) is 0. The van der Waals surface area contributed by atoms with E-state index in [9.17, 15) is 13.9 Å². The molecule has 1 atom stereocenters. The molecule has 1 fully saturated rings. The first-order valence-electron chi connectivity index (χ1n) is 5.01. The van der Waals surface area contributed by atoms with Gasteiger partial charge < -0.3 is 10.4 Å². The number of benzene rings is 1. The number of hydrogen-bond acceptors (Lipinski definition) is 2. The van der Waals surface area contributed by atoms with Crippen LogP contribution in [0.15, 0.2) is 18.2 Å². The molecule has 0 aliphatic carbocycles. The van der Waals surface area contributed by atoms with Gasteiger partial charge in [0.1, 0.15) is 5.75 Å². The van der Waals surface area contributed by atoms with Gasteiger partial charge in [0.25, 0.3) is 6.43 Å². The number of para-hydroxylation sites is 1. The van der Waals surface area contributed by atoms with Crippen LogP contribution in [0.2, 0.25) is 0 Å². The number of phenols is 1. The Kier molecular flexibility index (Phi) is 2.86. The molecular weight excluding hydrogens is 200 g/mol. The Morgan fingerprint density at radius 3 is 2.80 bits per heavy atom. The van der Waals surface area contributed by atoms with Gasteiger partial charge in [-0.2, -0.15) is 0 Å². The van der Waals surface area contributed by atoms with Crippen molar-refractivity contribution in [2.24, 2.45) is 0 Å². The summed E-state index contributed by atoms with van der Waals surface area (Å²) >= 11 is 0. The molecule has 1 unspecified atom stereocenters. The Morgan fingerprint density at radius 2 is 2.20 bits per heavy atom. The van der Waals surface area contributed by atoms with Crippen molar-refractivity contribution in [3.8, 4) is 5.75 Å². The Hall–Kier alpha value is -1.16.